The van der Waals surface area contributed by atoms with Gasteiger partial charge in [0.2, 0.25) is 5.91 Å². The lowest BCUT2D eigenvalue weighted by atomic mass is 10.1. The van der Waals surface area contributed by atoms with Gasteiger partial charge in [-0.05, 0) is 18.2 Å². The van der Waals surface area contributed by atoms with E-state index in [2.05, 4.69) is 5.32 Å². The molecule has 8 heteroatoms. The van der Waals surface area contributed by atoms with Crippen LogP contribution in [-0.2, 0) is 9.59 Å². The zero-order chi connectivity index (χ0) is 16.0. The van der Waals surface area contributed by atoms with Crippen molar-refractivity contribution < 1.29 is 19.5 Å². The lowest BCUT2D eigenvalue weighted by Gasteiger charge is -2.15. The number of nitrogens with zero attached hydrogens (tertiary/aromatic N) is 1. The molecule has 21 heavy (non-hydrogen) atoms. The number of halogens is 1. The number of benzene rings is 1. The highest BCUT2D eigenvalue weighted by molar-refractivity contribution is 8.00. The molecule has 0 spiro atoms. The van der Waals surface area contributed by atoms with Crippen LogP contribution in [0.1, 0.15) is 10.4 Å². The van der Waals surface area contributed by atoms with Gasteiger partial charge in [-0.1, -0.05) is 11.6 Å². The molecule has 0 saturated carbocycles. The van der Waals surface area contributed by atoms with Gasteiger partial charge in [0.25, 0.3) is 5.91 Å². The van der Waals surface area contributed by atoms with Crippen molar-refractivity contribution in [2.45, 2.75) is 0 Å². The van der Waals surface area contributed by atoms with Gasteiger partial charge in [-0.15, -0.1) is 11.8 Å². The molecular weight excluding hydrogens is 316 g/mol. The SMILES string of the molecule is CN(C)C(=O)c1ccc(Cl)cc1NC(=O)CSCC(=O)O. The third kappa shape index (κ3) is 5.65. The normalized spacial score (nSPS) is 10.0. The number of nitrogens with one attached hydrogen (secondary N) is 1. The molecule has 2 N–H and O–H groups in total. The Hall–Kier alpha value is -1.73. The number of anilines is 1. The number of hydrogen-bond donors (Lipinski definition) is 2. The van der Waals surface area contributed by atoms with Crippen LogP contribution in [0, 0.1) is 0 Å². The van der Waals surface area contributed by atoms with Crippen molar-refractivity contribution in [2.24, 2.45) is 0 Å². The lowest BCUT2D eigenvalue weighted by molar-refractivity contribution is -0.133. The van der Waals surface area contributed by atoms with Crippen LogP contribution in [0.2, 0.25) is 5.02 Å². The molecule has 0 aliphatic carbocycles. The maximum atomic E-state index is 12.0. The van der Waals surface area contributed by atoms with Crippen molar-refractivity contribution in [3.63, 3.8) is 0 Å². The summed E-state index contributed by atoms with van der Waals surface area (Å²) in [4.78, 5) is 35.5. The number of hydrogen-bond acceptors (Lipinski definition) is 4. The third-order valence-electron chi connectivity index (χ3n) is 2.35. The molecule has 0 heterocycles. The average molecular weight is 331 g/mol. The van der Waals surface area contributed by atoms with E-state index in [0.29, 0.717) is 16.3 Å². The molecule has 0 bridgehead atoms. The van der Waals surface area contributed by atoms with Crippen LogP contribution >= 0.6 is 23.4 Å². The highest BCUT2D eigenvalue weighted by Crippen LogP contribution is 2.22. The van der Waals surface area contributed by atoms with Crippen LogP contribution in [0.4, 0.5) is 5.69 Å². The fourth-order valence-electron chi connectivity index (χ4n) is 1.46. The summed E-state index contributed by atoms with van der Waals surface area (Å²) < 4.78 is 0. The number of amides is 2. The van der Waals surface area contributed by atoms with Crippen molar-refractivity contribution in [3.8, 4) is 0 Å². The molecule has 0 atom stereocenters. The number of aliphatic carboxylic acids is 1. The average Bonchev–Trinajstić information content (AvgIpc) is 2.37. The first-order valence-electron chi connectivity index (χ1n) is 5.92. The minimum atomic E-state index is -0.987. The van der Waals surface area contributed by atoms with Gasteiger partial charge in [-0.2, -0.15) is 0 Å². The van der Waals surface area contributed by atoms with Gasteiger partial charge in [0.1, 0.15) is 0 Å². The molecular formula is C13H15ClN2O4S. The molecule has 1 rings (SSSR count). The second kappa shape index (κ2) is 7.90. The molecule has 0 fully saturated rings. The molecule has 0 unspecified atom stereocenters. The smallest absolute Gasteiger partial charge is 0.313 e. The topological polar surface area (TPSA) is 86.7 Å². The number of rotatable bonds is 6. The predicted octanol–water partition coefficient (Wildman–Crippen LogP) is 1.80. The first-order valence-corrected chi connectivity index (χ1v) is 7.45. The van der Waals surface area contributed by atoms with E-state index in [1.54, 1.807) is 20.2 Å². The van der Waals surface area contributed by atoms with Crippen LogP contribution in [0.15, 0.2) is 18.2 Å². The Morgan fingerprint density at radius 1 is 1.29 bits per heavy atom. The number of carbonyl (C=O) groups excluding carboxylic acids is 2. The van der Waals surface area contributed by atoms with E-state index in [9.17, 15) is 14.4 Å². The van der Waals surface area contributed by atoms with E-state index in [1.807, 2.05) is 0 Å². The Kier molecular flexibility index (Phi) is 6.51. The Morgan fingerprint density at radius 2 is 1.95 bits per heavy atom. The van der Waals surface area contributed by atoms with Crippen LogP contribution in [0.25, 0.3) is 0 Å². The van der Waals surface area contributed by atoms with Crippen molar-refractivity contribution in [2.75, 3.05) is 30.9 Å². The summed E-state index contributed by atoms with van der Waals surface area (Å²) >= 11 is 6.84. The molecule has 0 saturated heterocycles. The molecule has 0 aliphatic heterocycles. The van der Waals surface area contributed by atoms with Crippen LogP contribution in [-0.4, -0.2) is 53.4 Å². The molecule has 1 aromatic carbocycles. The number of thioether (sulfide) groups is 1. The zero-order valence-corrected chi connectivity index (χ0v) is 13.1. The van der Waals surface area contributed by atoms with E-state index in [0.717, 1.165) is 11.8 Å². The summed E-state index contributed by atoms with van der Waals surface area (Å²) in [5, 5.41) is 11.5. The first kappa shape index (κ1) is 17.3. The van der Waals surface area contributed by atoms with Crippen molar-refractivity contribution in [1.82, 2.24) is 4.90 Å². The monoisotopic (exact) mass is 330 g/mol. The van der Waals surface area contributed by atoms with Gasteiger partial charge >= 0.3 is 5.97 Å². The maximum Gasteiger partial charge on any atom is 0.313 e. The summed E-state index contributed by atoms with van der Waals surface area (Å²) in [5.74, 6) is -1.82. The molecule has 6 nitrogen and oxygen atoms in total. The predicted molar refractivity (Wildman–Crippen MR) is 83.1 cm³/mol. The minimum absolute atomic E-state index is 0.0194. The van der Waals surface area contributed by atoms with E-state index in [4.69, 9.17) is 16.7 Å². The highest BCUT2D eigenvalue weighted by atomic mass is 35.5. The van der Waals surface area contributed by atoms with Gasteiger partial charge in [0, 0.05) is 19.1 Å². The highest BCUT2D eigenvalue weighted by Gasteiger charge is 2.15. The Bertz CT molecular complexity index is 563. The number of carboxylic acid groups (broad SMARTS) is 1. The number of carbonyl (C=O) groups is 3. The Balaban J connectivity index is 2.81. The van der Waals surface area contributed by atoms with E-state index in [1.165, 1.54) is 17.0 Å². The van der Waals surface area contributed by atoms with E-state index < -0.39 is 11.9 Å². The molecule has 0 radical (unpaired) electrons. The second-order valence-corrected chi connectivity index (χ2v) is 5.75. The Labute approximate surface area is 131 Å². The molecule has 2 amide bonds. The molecule has 1 aromatic rings. The second-order valence-electron chi connectivity index (χ2n) is 4.32. The van der Waals surface area contributed by atoms with Crippen molar-refractivity contribution >= 4 is 46.8 Å². The van der Waals surface area contributed by atoms with Gasteiger partial charge < -0.3 is 15.3 Å². The lowest BCUT2D eigenvalue weighted by Crippen LogP contribution is -2.24. The largest absolute Gasteiger partial charge is 0.481 e. The minimum Gasteiger partial charge on any atom is -0.481 e. The van der Waals surface area contributed by atoms with Crippen molar-refractivity contribution in [3.05, 3.63) is 28.8 Å². The van der Waals surface area contributed by atoms with E-state index >= 15 is 0 Å². The third-order valence-corrected chi connectivity index (χ3v) is 3.50. The van der Waals surface area contributed by atoms with Crippen LogP contribution in [0.5, 0.6) is 0 Å². The molecule has 0 aliphatic rings. The fraction of sp³-hybridized carbons (Fsp3) is 0.308. The molecule has 114 valence electrons. The fourth-order valence-corrected chi connectivity index (χ4v) is 2.17. The summed E-state index contributed by atoms with van der Waals surface area (Å²) in [5.41, 5.74) is 0.628. The molecule has 0 aromatic heterocycles. The van der Waals surface area contributed by atoms with Crippen LogP contribution in [0.3, 0.4) is 0 Å². The Morgan fingerprint density at radius 3 is 2.52 bits per heavy atom. The summed E-state index contributed by atoms with van der Waals surface area (Å²) in [6, 6.07) is 4.58. The summed E-state index contributed by atoms with van der Waals surface area (Å²) in [6.07, 6.45) is 0. The summed E-state index contributed by atoms with van der Waals surface area (Å²) in [7, 11) is 3.20. The zero-order valence-electron chi connectivity index (χ0n) is 11.6. The van der Waals surface area contributed by atoms with Gasteiger partial charge in [0.05, 0.1) is 22.8 Å². The quantitative estimate of drug-likeness (QED) is 0.830. The van der Waals surface area contributed by atoms with Gasteiger partial charge in [-0.3, -0.25) is 14.4 Å². The van der Waals surface area contributed by atoms with Gasteiger partial charge in [-0.25, -0.2) is 0 Å². The first-order chi connectivity index (χ1) is 9.81. The van der Waals surface area contributed by atoms with Gasteiger partial charge in [0.15, 0.2) is 0 Å². The van der Waals surface area contributed by atoms with Crippen molar-refractivity contribution in [1.29, 1.82) is 0 Å². The standard InChI is InChI=1S/C13H15ClN2O4S/c1-16(2)13(20)9-4-3-8(14)5-10(9)15-11(17)6-21-7-12(18)19/h3-5H,6-7H2,1-2H3,(H,15,17)(H,18,19). The van der Waals surface area contributed by atoms with E-state index in [-0.39, 0.29) is 17.4 Å². The van der Waals surface area contributed by atoms with Crippen LogP contribution < -0.4 is 5.32 Å². The maximum absolute atomic E-state index is 12.0. The summed E-state index contributed by atoms with van der Waals surface area (Å²) in [6.45, 7) is 0. The number of carboxylic acids is 1.